The van der Waals surface area contributed by atoms with Crippen LogP contribution in [0.1, 0.15) is 25.8 Å². The number of carboxylic acid groups (broad SMARTS) is 1. The zero-order chi connectivity index (χ0) is 17.2. The van der Waals surface area contributed by atoms with Gasteiger partial charge >= 0.3 is 6.09 Å². The molecule has 1 heterocycles. The molecule has 6 nitrogen and oxygen atoms in total. The van der Waals surface area contributed by atoms with Crippen molar-refractivity contribution in [2.75, 3.05) is 11.1 Å². The number of nitrogens with one attached hydrogen (secondary N) is 2. The van der Waals surface area contributed by atoms with E-state index in [4.69, 9.17) is 10.4 Å². The summed E-state index contributed by atoms with van der Waals surface area (Å²) >= 11 is 1.31. The van der Waals surface area contributed by atoms with Crippen molar-refractivity contribution in [3.63, 3.8) is 0 Å². The second kappa shape index (κ2) is 6.46. The first-order chi connectivity index (χ1) is 10.7. The van der Waals surface area contributed by atoms with Gasteiger partial charge in [-0.3, -0.25) is 4.79 Å². The summed E-state index contributed by atoms with van der Waals surface area (Å²) in [4.78, 5) is 23.7. The zero-order valence-corrected chi connectivity index (χ0v) is 13.5. The van der Waals surface area contributed by atoms with Crippen LogP contribution in [-0.4, -0.2) is 28.4 Å². The van der Waals surface area contributed by atoms with E-state index >= 15 is 0 Å². The van der Waals surface area contributed by atoms with Crippen molar-refractivity contribution in [3.05, 3.63) is 23.5 Å². The molecular weight excluding hydrogens is 321 g/mol. The Morgan fingerprint density at radius 2 is 2.30 bits per heavy atom. The van der Waals surface area contributed by atoms with Crippen LogP contribution in [0.4, 0.5) is 14.9 Å². The third-order valence-electron chi connectivity index (χ3n) is 3.46. The van der Waals surface area contributed by atoms with Crippen LogP contribution < -0.4 is 10.6 Å². The number of carbonyl (C=O) groups excluding carboxylic acids is 1. The van der Waals surface area contributed by atoms with Gasteiger partial charge in [-0.2, -0.15) is 5.26 Å². The number of anilines is 1. The molecule has 0 fully saturated rings. The molecule has 1 aromatic rings. The Balaban J connectivity index is 2.20. The third-order valence-corrected chi connectivity index (χ3v) is 4.68. The first-order valence-electron chi connectivity index (χ1n) is 6.90. The summed E-state index contributed by atoms with van der Waals surface area (Å²) in [6.07, 6.45) is -0.847. The van der Waals surface area contributed by atoms with Gasteiger partial charge in [-0.15, -0.1) is 11.8 Å². The molecule has 0 aromatic heterocycles. The van der Waals surface area contributed by atoms with E-state index in [0.717, 1.165) is 0 Å². The molecule has 2 amide bonds. The number of amides is 2. The lowest BCUT2D eigenvalue weighted by Crippen LogP contribution is -2.45. The lowest BCUT2D eigenvalue weighted by Gasteiger charge is -2.28. The molecule has 0 saturated carbocycles. The molecule has 8 heteroatoms. The van der Waals surface area contributed by atoms with Crippen LogP contribution in [-0.2, 0) is 4.79 Å². The highest BCUT2D eigenvalue weighted by Gasteiger charge is 2.32. The predicted octanol–water partition coefficient (Wildman–Crippen LogP) is 2.79. The van der Waals surface area contributed by atoms with E-state index in [2.05, 4.69) is 10.6 Å². The van der Waals surface area contributed by atoms with Crippen molar-refractivity contribution in [3.8, 4) is 6.07 Å². The average Bonchev–Trinajstić information content (AvgIpc) is 2.56. The quantitative estimate of drug-likeness (QED) is 0.787. The van der Waals surface area contributed by atoms with E-state index < -0.39 is 23.4 Å². The van der Waals surface area contributed by atoms with Crippen LogP contribution in [0.25, 0.3) is 0 Å². The van der Waals surface area contributed by atoms with E-state index in [1.165, 1.54) is 23.9 Å². The minimum absolute atomic E-state index is 0.129. The van der Waals surface area contributed by atoms with Crippen molar-refractivity contribution in [1.29, 1.82) is 5.26 Å². The maximum Gasteiger partial charge on any atom is 0.405 e. The Hall–Kier alpha value is -2.27. The Morgan fingerprint density at radius 3 is 2.91 bits per heavy atom. The van der Waals surface area contributed by atoms with Crippen LogP contribution in [0, 0.1) is 23.1 Å². The SMILES string of the molecule is CC(C)(C[C@H]1CSc2cc(F)c(C#N)cc2NC1=O)NC(=O)O. The maximum atomic E-state index is 13.7. The molecule has 1 atom stereocenters. The molecule has 2 rings (SSSR count). The summed E-state index contributed by atoms with van der Waals surface area (Å²) < 4.78 is 13.7. The summed E-state index contributed by atoms with van der Waals surface area (Å²) in [5.74, 6) is -0.941. The third kappa shape index (κ3) is 4.13. The Labute approximate surface area is 137 Å². The van der Waals surface area contributed by atoms with Crippen LogP contribution in [0.5, 0.6) is 0 Å². The first-order valence-corrected chi connectivity index (χ1v) is 7.89. The highest BCUT2D eigenvalue weighted by atomic mass is 32.2. The highest BCUT2D eigenvalue weighted by Crippen LogP contribution is 2.36. The molecule has 1 aromatic carbocycles. The average molecular weight is 337 g/mol. The highest BCUT2D eigenvalue weighted by molar-refractivity contribution is 7.99. The van der Waals surface area contributed by atoms with Crippen molar-refractivity contribution in [2.45, 2.75) is 30.7 Å². The van der Waals surface area contributed by atoms with Gasteiger partial charge in [-0.25, -0.2) is 9.18 Å². The number of hydrogen-bond acceptors (Lipinski definition) is 4. The smallest absolute Gasteiger partial charge is 0.405 e. The minimum Gasteiger partial charge on any atom is -0.465 e. The summed E-state index contributed by atoms with van der Waals surface area (Å²) in [5, 5.41) is 22.8. The summed E-state index contributed by atoms with van der Waals surface area (Å²) in [6.45, 7) is 3.40. The topological polar surface area (TPSA) is 102 Å². The van der Waals surface area contributed by atoms with Gasteiger partial charge < -0.3 is 15.7 Å². The number of nitriles is 1. The van der Waals surface area contributed by atoms with Gasteiger partial charge in [-0.1, -0.05) is 0 Å². The predicted molar refractivity (Wildman–Crippen MR) is 83.8 cm³/mol. The number of benzene rings is 1. The molecule has 0 spiro atoms. The minimum atomic E-state index is -1.15. The Morgan fingerprint density at radius 1 is 1.61 bits per heavy atom. The van der Waals surface area contributed by atoms with Crippen LogP contribution in [0.2, 0.25) is 0 Å². The monoisotopic (exact) mass is 337 g/mol. The Bertz CT molecular complexity index is 700. The van der Waals surface area contributed by atoms with Gasteiger partial charge in [0.15, 0.2) is 0 Å². The second-order valence-corrected chi connectivity index (χ2v) is 7.02. The number of rotatable bonds is 3. The number of fused-ring (bicyclic) bond motifs is 1. The van der Waals surface area contributed by atoms with Crippen molar-refractivity contribution in [2.24, 2.45) is 5.92 Å². The van der Waals surface area contributed by atoms with Gasteiger partial charge in [0, 0.05) is 22.1 Å². The lowest BCUT2D eigenvalue weighted by atomic mass is 9.91. The van der Waals surface area contributed by atoms with E-state index in [1.54, 1.807) is 19.9 Å². The molecule has 0 radical (unpaired) electrons. The van der Waals surface area contributed by atoms with Crippen molar-refractivity contribution < 1.29 is 19.1 Å². The van der Waals surface area contributed by atoms with E-state index in [0.29, 0.717) is 22.8 Å². The fraction of sp³-hybridized carbons (Fsp3) is 0.400. The summed E-state index contributed by atoms with van der Waals surface area (Å²) in [6, 6.07) is 4.30. The second-order valence-electron chi connectivity index (χ2n) is 5.96. The number of thioether (sulfide) groups is 1. The van der Waals surface area contributed by atoms with Gasteiger partial charge in [-0.05, 0) is 32.4 Å². The fourth-order valence-corrected chi connectivity index (χ4v) is 3.57. The van der Waals surface area contributed by atoms with Crippen molar-refractivity contribution in [1.82, 2.24) is 5.32 Å². The number of hydrogen-bond donors (Lipinski definition) is 3. The number of halogens is 1. The largest absolute Gasteiger partial charge is 0.465 e. The van der Waals surface area contributed by atoms with E-state index in [1.807, 2.05) is 0 Å². The van der Waals surface area contributed by atoms with Crippen LogP contribution in [0.3, 0.4) is 0 Å². The molecule has 3 N–H and O–H groups in total. The zero-order valence-electron chi connectivity index (χ0n) is 12.6. The fourth-order valence-electron chi connectivity index (χ4n) is 2.47. The normalized spacial score (nSPS) is 17.5. The van der Waals surface area contributed by atoms with Gasteiger partial charge in [0.1, 0.15) is 11.9 Å². The number of carbonyl (C=O) groups is 2. The van der Waals surface area contributed by atoms with E-state index in [9.17, 15) is 14.0 Å². The molecule has 0 aliphatic carbocycles. The van der Waals surface area contributed by atoms with E-state index in [-0.39, 0.29) is 11.5 Å². The van der Waals surface area contributed by atoms with Gasteiger partial charge in [0.2, 0.25) is 5.91 Å². The van der Waals surface area contributed by atoms with Crippen LogP contribution >= 0.6 is 11.8 Å². The molecule has 23 heavy (non-hydrogen) atoms. The molecule has 0 saturated heterocycles. The lowest BCUT2D eigenvalue weighted by molar-refractivity contribution is -0.119. The molecule has 0 unspecified atom stereocenters. The molecule has 0 bridgehead atoms. The summed E-state index contributed by atoms with van der Waals surface area (Å²) in [5.41, 5.74) is -0.492. The molecule has 1 aliphatic rings. The van der Waals surface area contributed by atoms with Gasteiger partial charge in [0.05, 0.1) is 11.3 Å². The maximum absolute atomic E-state index is 13.7. The molecular formula is C15H16FN3O3S. The van der Waals surface area contributed by atoms with Crippen LogP contribution in [0.15, 0.2) is 17.0 Å². The van der Waals surface area contributed by atoms with Gasteiger partial charge in [0.25, 0.3) is 0 Å². The first kappa shape index (κ1) is 17.1. The molecule has 122 valence electrons. The summed E-state index contributed by atoms with van der Waals surface area (Å²) in [7, 11) is 0. The molecule has 1 aliphatic heterocycles. The number of nitrogens with zero attached hydrogens (tertiary/aromatic N) is 1. The standard InChI is InChI=1S/C15H16FN3O3S/c1-15(2,19-14(21)22)5-9-7-23-12-4-10(16)8(6-17)3-11(12)18-13(9)20/h3-4,9,19H,5,7H2,1-2H3,(H,18,20)(H,21,22)/t9-/m0/s1. The Kier molecular flexibility index (Phi) is 4.80. The van der Waals surface area contributed by atoms with Crippen molar-refractivity contribution >= 4 is 29.4 Å².